The van der Waals surface area contributed by atoms with Crippen molar-refractivity contribution in [3.05, 3.63) is 75.6 Å². The van der Waals surface area contributed by atoms with Crippen LogP contribution >= 0.6 is 0 Å². The molecule has 3 rings (SSSR count). The smallest absolute Gasteiger partial charge is 0.280 e. The topological polar surface area (TPSA) is 111 Å². The number of hydrogen-bond donors (Lipinski definition) is 2. The zero-order chi connectivity index (χ0) is 16.4. The van der Waals surface area contributed by atoms with Gasteiger partial charge >= 0.3 is 0 Å². The van der Waals surface area contributed by atoms with Crippen LogP contribution in [0.4, 0.5) is 5.69 Å². The SMILES string of the molecule is Cc1ccc([C@H](N)c2nc(-c3ccccc3[N+](=O)[O-])n[nH]2)cc1. The molecule has 1 heterocycles. The molecule has 0 aliphatic rings. The van der Waals surface area contributed by atoms with E-state index in [2.05, 4.69) is 15.2 Å². The third-order valence-electron chi connectivity index (χ3n) is 3.58. The van der Waals surface area contributed by atoms with Crippen molar-refractivity contribution < 1.29 is 4.92 Å². The van der Waals surface area contributed by atoms with E-state index in [0.717, 1.165) is 11.1 Å². The molecule has 2 aromatic carbocycles. The molecule has 0 aliphatic carbocycles. The Morgan fingerprint density at radius 2 is 1.87 bits per heavy atom. The Labute approximate surface area is 132 Å². The van der Waals surface area contributed by atoms with Gasteiger partial charge in [-0.15, -0.1) is 0 Å². The average Bonchev–Trinajstić information content (AvgIpc) is 3.04. The number of nitrogens with one attached hydrogen (secondary N) is 1. The summed E-state index contributed by atoms with van der Waals surface area (Å²) in [6.07, 6.45) is 0. The van der Waals surface area contributed by atoms with Crippen molar-refractivity contribution in [1.29, 1.82) is 0 Å². The van der Waals surface area contributed by atoms with Gasteiger partial charge in [0.25, 0.3) is 5.69 Å². The Morgan fingerprint density at radius 1 is 1.17 bits per heavy atom. The largest absolute Gasteiger partial charge is 0.318 e. The van der Waals surface area contributed by atoms with Gasteiger partial charge in [-0.3, -0.25) is 15.2 Å². The predicted octanol–water partition coefficient (Wildman–Crippen LogP) is 2.74. The van der Waals surface area contributed by atoms with Crippen LogP contribution in [0.3, 0.4) is 0 Å². The second-order valence-electron chi connectivity index (χ2n) is 5.21. The molecular weight excluding hydrogens is 294 g/mol. The summed E-state index contributed by atoms with van der Waals surface area (Å²) < 4.78 is 0. The number of aryl methyl sites for hydroxylation is 1. The Kier molecular flexibility index (Phi) is 3.86. The van der Waals surface area contributed by atoms with Gasteiger partial charge in [0.2, 0.25) is 0 Å². The van der Waals surface area contributed by atoms with Gasteiger partial charge in [-0.25, -0.2) is 4.98 Å². The van der Waals surface area contributed by atoms with Crippen molar-refractivity contribution >= 4 is 5.69 Å². The van der Waals surface area contributed by atoms with Gasteiger partial charge in [0.1, 0.15) is 5.82 Å². The highest BCUT2D eigenvalue weighted by atomic mass is 16.6. The first-order valence-electron chi connectivity index (χ1n) is 7.04. The fourth-order valence-electron chi connectivity index (χ4n) is 2.29. The monoisotopic (exact) mass is 309 g/mol. The zero-order valence-corrected chi connectivity index (χ0v) is 12.4. The van der Waals surface area contributed by atoms with Crippen molar-refractivity contribution in [2.24, 2.45) is 5.73 Å². The Bertz CT molecular complexity index is 842. The minimum atomic E-state index is -0.473. The van der Waals surface area contributed by atoms with E-state index in [1.165, 1.54) is 6.07 Å². The summed E-state index contributed by atoms with van der Waals surface area (Å²) in [5.74, 6) is 0.719. The molecule has 116 valence electrons. The fraction of sp³-hybridized carbons (Fsp3) is 0.125. The van der Waals surface area contributed by atoms with Gasteiger partial charge in [0.15, 0.2) is 5.82 Å². The predicted molar refractivity (Wildman–Crippen MR) is 85.7 cm³/mol. The Balaban J connectivity index is 1.95. The van der Waals surface area contributed by atoms with E-state index in [-0.39, 0.29) is 11.5 Å². The molecule has 3 N–H and O–H groups in total. The van der Waals surface area contributed by atoms with Crippen LogP contribution in [-0.2, 0) is 0 Å². The molecule has 1 atom stereocenters. The maximum absolute atomic E-state index is 11.1. The molecule has 0 saturated heterocycles. The Hall–Kier alpha value is -3.06. The van der Waals surface area contributed by atoms with E-state index >= 15 is 0 Å². The molecule has 7 nitrogen and oxygen atoms in total. The lowest BCUT2D eigenvalue weighted by Gasteiger charge is -2.08. The number of nitro groups is 1. The van der Waals surface area contributed by atoms with Crippen molar-refractivity contribution in [3.63, 3.8) is 0 Å². The van der Waals surface area contributed by atoms with Crippen molar-refractivity contribution in [1.82, 2.24) is 15.2 Å². The molecule has 1 aromatic heterocycles. The summed E-state index contributed by atoms with van der Waals surface area (Å²) in [5, 5.41) is 18.0. The summed E-state index contributed by atoms with van der Waals surface area (Å²) in [7, 11) is 0. The number of nitro benzene ring substituents is 1. The molecule has 0 spiro atoms. The number of hydrogen-bond acceptors (Lipinski definition) is 5. The van der Waals surface area contributed by atoms with Crippen LogP contribution in [-0.4, -0.2) is 20.1 Å². The van der Waals surface area contributed by atoms with Crippen LogP contribution in [0.2, 0.25) is 0 Å². The Morgan fingerprint density at radius 3 is 2.57 bits per heavy atom. The van der Waals surface area contributed by atoms with E-state index in [9.17, 15) is 10.1 Å². The number of para-hydroxylation sites is 1. The summed E-state index contributed by atoms with van der Waals surface area (Å²) in [6, 6.07) is 13.7. The highest BCUT2D eigenvalue weighted by Crippen LogP contribution is 2.27. The first-order valence-corrected chi connectivity index (χ1v) is 7.04. The molecule has 0 amide bonds. The maximum Gasteiger partial charge on any atom is 0.280 e. The van der Waals surface area contributed by atoms with Gasteiger partial charge in [0, 0.05) is 6.07 Å². The second kappa shape index (κ2) is 5.98. The molecule has 7 heteroatoms. The second-order valence-corrected chi connectivity index (χ2v) is 5.21. The molecule has 0 bridgehead atoms. The lowest BCUT2D eigenvalue weighted by Crippen LogP contribution is -2.13. The normalized spacial score (nSPS) is 12.1. The number of H-pyrrole nitrogens is 1. The molecule has 0 fully saturated rings. The molecule has 3 aromatic rings. The van der Waals surface area contributed by atoms with E-state index in [1.54, 1.807) is 18.2 Å². The van der Waals surface area contributed by atoms with Crippen LogP contribution in [0.5, 0.6) is 0 Å². The van der Waals surface area contributed by atoms with Crippen molar-refractivity contribution in [3.8, 4) is 11.4 Å². The fourth-order valence-corrected chi connectivity index (χ4v) is 2.29. The summed E-state index contributed by atoms with van der Waals surface area (Å²) in [5.41, 5.74) is 8.53. The quantitative estimate of drug-likeness (QED) is 0.568. The molecule has 23 heavy (non-hydrogen) atoms. The number of aromatic amines is 1. The van der Waals surface area contributed by atoms with E-state index in [1.807, 2.05) is 31.2 Å². The maximum atomic E-state index is 11.1. The van der Waals surface area contributed by atoms with Gasteiger partial charge in [-0.2, -0.15) is 5.10 Å². The van der Waals surface area contributed by atoms with Crippen LogP contribution in [0.25, 0.3) is 11.4 Å². The minimum Gasteiger partial charge on any atom is -0.318 e. The van der Waals surface area contributed by atoms with E-state index < -0.39 is 11.0 Å². The van der Waals surface area contributed by atoms with Crippen LogP contribution in [0.15, 0.2) is 48.5 Å². The van der Waals surface area contributed by atoms with Gasteiger partial charge < -0.3 is 5.73 Å². The number of nitrogens with two attached hydrogens (primary N) is 1. The van der Waals surface area contributed by atoms with Crippen LogP contribution < -0.4 is 5.73 Å². The lowest BCUT2D eigenvalue weighted by molar-refractivity contribution is -0.384. The number of rotatable bonds is 4. The van der Waals surface area contributed by atoms with Gasteiger partial charge in [0.05, 0.1) is 16.5 Å². The third kappa shape index (κ3) is 2.95. The lowest BCUT2D eigenvalue weighted by atomic mass is 10.1. The summed E-state index contributed by atoms with van der Waals surface area (Å²) >= 11 is 0. The third-order valence-corrected chi connectivity index (χ3v) is 3.58. The van der Waals surface area contributed by atoms with E-state index in [0.29, 0.717) is 11.4 Å². The zero-order valence-electron chi connectivity index (χ0n) is 12.4. The number of nitrogens with zero attached hydrogens (tertiary/aromatic N) is 3. The molecule has 0 aliphatic heterocycles. The van der Waals surface area contributed by atoms with E-state index in [4.69, 9.17) is 5.73 Å². The standard InChI is InChI=1S/C16H15N5O2/c1-10-6-8-11(9-7-10)14(17)16-18-15(19-20-16)12-4-2-3-5-13(12)21(22)23/h2-9,14H,17H2,1H3,(H,18,19,20)/t14-/m0/s1. The summed E-state index contributed by atoms with van der Waals surface area (Å²) in [4.78, 5) is 15.0. The van der Waals surface area contributed by atoms with Crippen molar-refractivity contribution in [2.75, 3.05) is 0 Å². The molecule has 0 unspecified atom stereocenters. The molecule has 0 radical (unpaired) electrons. The first kappa shape index (κ1) is 14.9. The summed E-state index contributed by atoms with van der Waals surface area (Å²) in [6.45, 7) is 2.00. The highest BCUT2D eigenvalue weighted by molar-refractivity contribution is 5.67. The van der Waals surface area contributed by atoms with Gasteiger partial charge in [-0.05, 0) is 18.6 Å². The average molecular weight is 309 g/mol. The van der Waals surface area contributed by atoms with Crippen LogP contribution in [0, 0.1) is 17.0 Å². The first-order chi connectivity index (χ1) is 11.1. The molecule has 0 saturated carbocycles. The number of benzene rings is 2. The minimum absolute atomic E-state index is 0.0399. The number of aromatic nitrogens is 3. The van der Waals surface area contributed by atoms with Gasteiger partial charge in [-0.1, -0.05) is 42.0 Å². The highest BCUT2D eigenvalue weighted by Gasteiger charge is 2.20. The molecular formula is C16H15N5O2. The van der Waals surface area contributed by atoms with Crippen molar-refractivity contribution in [2.45, 2.75) is 13.0 Å². The van der Waals surface area contributed by atoms with Crippen LogP contribution in [0.1, 0.15) is 23.0 Å².